The van der Waals surface area contributed by atoms with Gasteiger partial charge in [0.2, 0.25) is 0 Å². The van der Waals surface area contributed by atoms with Crippen LogP contribution in [-0.2, 0) is 19.6 Å². The molecule has 0 bridgehead atoms. The largest absolute Gasteiger partial charge is 0.493 e. The van der Waals surface area contributed by atoms with Crippen molar-refractivity contribution in [3.63, 3.8) is 0 Å². The summed E-state index contributed by atoms with van der Waals surface area (Å²) < 4.78 is 11.9. The second kappa shape index (κ2) is 12.6. The first kappa shape index (κ1) is 22.6. The van der Waals surface area contributed by atoms with E-state index in [1.807, 2.05) is 36.4 Å². The lowest BCUT2D eigenvalue weighted by molar-refractivity contribution is 0.248. The predicted octanol–water partition coefficient (Wildman–Crippen LogP) is 6.29. The van der Waals surface area contributed by atoms with Gasteiger partial charge in [-0.2, -0.15) is 0 Å². The fourth-order valence-electron chi connectivity index (χ4n) is 3.68. The van der Waals surface area contributed by atoms with Gasteiger partial charge in [0.05, 0.1) is 7.11 Å². The van der Waals surface area contributed by atoms with Crippen LogP contribution in [0.1, 0.15) is 29.5 Å². The van der Waals surface area contributed by atoms with Gasteiger partial charge in [0.1, 0.15) is 6.61 Å². The molecule has 0 amide bonds. The zero-order valence-electron chi connectivity index (χ0n) is 18.5. The number of para-hydroxylation sites is 1. The van der Waals surface area contributed by atoms with Crippen molar-refractivity contribution >= 4 is 0 Å². The summed E-state index contributed by atoms with van der Waals surface area (Å²) in [4.78, 5) is 2.48. The highest BCUT2D eigenvalue weighted by Gasteiger charge is 2.14. The van der Waals surface area contributed by atoms with Crippen LogP contribution in [0.2, 0.25) is 0 Å². The Morgan fingerprint density at radius 3 is 2.23 bits per heavy atom. The van der Waals surface area contributed by atoms with Crippen molar-refractivity contribution in [3.05, 3.63) is 108 Å². The minimum atomic E-state index is 0.523. The van der Waals surface area contributed by atoms with Crippen molar-refractivity contribution in [1.82, 2.24) is 4.90 Å². The molecule has 0 aliphatic rings. The van der Waals surface area contributed by atoms with E-state index >= 15 is 0 Å². The molecule has 0 N–H and O–H groups in total. The number of aryl methyl sites for hydroxylation is 1. The maximum atomic E-state index is 6.25. The van der Waals surface area contributed by atoms with E-state index in [1.165, 1.54) is 5.56 Å². The van der Waals surface area contributed by atoms with Crippen LogP contribution < -0.4 is 9.47 Å². The molecule has 31 heavy (non-hydrogen) atoms. The summed E-state index contributed by atoms with van der Waals surface area (Å²) >= 11 is 0. The Morgan fingerprint density at radius 2 is 1.55 bits per heavy atom. The van der Waals surface area contributed by atoms with Crippen LogP contribution in [0.15, 0.2) is 91.5 Å². The molecular formula is C28H33NO2. The molecule has 3 rings (SSSR count). The normalized spacial score (nSPS) is 10.8. The van der Waals surface area contributed by atoms with Crippen LogP contribution in [0, 0.1) is 0 Å². The maximum Gasteiger partial charge on any atom is 0.166 e. The summed E-state index contributed by atoms with van der Waals surface area (Å²) in [6, 6.07) is 27.1. The van der Waals surface area contributed by atoms with Gasteiger partial charge in [0.25, 0.3) is 0 Å². The standard InChI is InChI=1S/C28H33NO2/c1-3-4-20-29(21-12-17-24-13-7-5-8-14-24)22-26-18-11-19-27(30-2)28(26)31-23-25-15-9-6-10-16-25/h3,5-11,13-16,18-19H,1,4,12,17,20-23H2,2H3. The molecule has 3 nitrogen and oxygen atoms in total. The number of nitrogens with zero attached hydrogens (tertiary/aromatic N) is 1. The van der Waals surface area contributed by atoms with Crippen LogP contribution in [0.5, 0.6) is 11.5 Å². The van der Waals surface area contributed by atoms with Gasteiger partial charge in [-0.15, -0.1) is 6.58 Å². The van der Waals surface area contributed by atoms with Crippen molar-refractivity contribution in [2.45, 2.75) is 32.4 Å². The summed E-state index contributed by atoms with van der Waals surface area (Å²) in [5.41, 5.74) is 3.68. The van der Waals surface area contributed by atoms with Gasteiger partial charge >= 0.3 is 0 Å². The Labute approximate surface area is 186 Å². The third-order valence-electron chi connectivity index (χ3n) is 5.33. The quantitative estimate of drug-likeness (QED) is 0.306. The van der Waals surface area contributed by atoms with Gasteiger partial charge in [-0.1, -0.05) is 78.9 Å². The van der Waals surface area contributed by atoms with E-state index in [2.05, 4.69) is 60.0 Å². The Bertz CT molecular complexity index is 909. The molecule has 3 aromatic rings. The summed E-state index contributed by atoms with van der Waals surface area (Å²) in [6.07, 6.45) is 5.16. The summed E-state index contributed by atoms with van der Waals surface area (Å²) in [5, 5.41) is 0. The lowest BCUT2D eigenvalue weighted by atomic mass is 10.1. The van der Waals surface area contributed by atoms with Gasteiger partial charge in [0, 0.05) is 18.7 Å². The Morgan fingerprint density at radius 1 is 0.839 bits per heavy atom. The topological polar surface area (TPSA) is 21.7 Å². The molecule has 0 aliphatic heterocycles. The van der Waals surface area contributed by atoms with Crippen LogP contribution >= 0.6 is 0 Å². The fourth-order valence-corrected chi connectivity index (χ4v) is 3.68. The van der Waals surface area contributed by atoms with Crippen LogP contribution in [0.25, 0.3) is 0 Å². The third kappa shape index (κ3) is 7.30. The van der Waals surface area contributed by atoms with Gasteiger partial charge < -0.3 is 9.47 Å². The molecule has 0 unspecified atom stereocenters. The van der Waals surface area contributed by atoms with Crippen molar-refractivity contribution in [2.75, 3.05) is 20.2 Å². The highest BCUT2D eigenvalue weighted by atomic mass is 16.5. The average molecular weight is 416 g/mol. The van der Waals surface area contributed by atoms with Crippen molar-refractivity contribution < 1.29 is 9.47 Å². The first-order chi connectivity index (χ1) is 15.3. The van der Waals surface area contributed by atoms with Gasteiger partial charge in [-0.25, -0.2) is 0 Å². The maximum absolute atomic E-state index is 6.25. The van der Waals surface area contributed by atoms with E-state index in [0.29, 0.717) is 6.61 Å². The van der Waals surface area contributed by atoms with Crippen LogP contribution in [0.4, 0.5) is 0 Å². The minimum absolute atomic E-state index is 0.523. The summed E-state index contributed by atoms with van der Waals surface area (Å²) in [5.74, 6) is 1.61. The van der Waals surface area contributed by atoms with Crippen LogP contribution in [0.3, 0.4) is 0 Å². The number of ether oxygens (including phenoxy) is 2. The third-order valence-corrected chi connectivity index (χ3v) is 5.33. The van der Waals surface area contributed by atoms with Crippen molar-refractivity contribution in [2.24, 2.45) is 0 Å². The molecule has 162 valence electrons. The van der Waals surface area contributed by atoms with E-state index in [4.69, 9.17) is 9.47 Å². The smallest absolute Gasteiger partial charge is 0.166 e. The summed E-state index contributed by atoms with van der Waals surface area (Å²) in [7, 11) is 1.70. The zero-order valence-corrected chi connectivity index (χ0v) is 18.5. The van der Waals surface area contributed by atoms with Crippen molar-refractivity contribution in [1.29, 1.82) is 0 Å². The van der Waals surface area contributed by atoms with Crippen LogP contribution in [-0.4, -0.2) is 25.1 Å². The highest BCUT2D eigenvalue weighted by molar-refractivity contribution is 5.46. The lowest BCUT2D eigenvalue weighted by Crippen LogP contribution is -2.26. The molecular weight excluding hydrogens is 382 g/mol. The first-order valence-corrected chi connectivity index (χ1v) is 11.0. The molecule has 0 saturated carbocycles. The summed E-state index contributed by atoms with van der Waals surface area (Å²) in [6.45, 7) is 7.26. The molecule has 0 fully saturated rings. The second-order valence-corrected chi connectivity index (χ2v) is 7.67. The van der Waals surface area contributed by atoms with E-state index in [0.717, 1.165) is 61.5 Å². The fraction of sp³-hybridized carbons (Fsp3) is 0.286. The number of methoxy groups -OCH3 is 1. The highest BCUT2D eigenvalue weighted by Crippen LogP contribution is 2.33. The zero-order chi connectivity index (χ0) is 21.7. The molecule has 0 spiro atoms. The van der Waals surface area contributed by atoms with Crippen molar-refractivity contribution in [3.8, 4) is 11.5 Å². The van der Waals surface area contributed by atoms with Gasteiger partial charge in [0.15, 0.2) is 11.5 Å². The van der Waals surface area contributed by atoms with E-state index < -0.39 is 0 Å². The molecule has 0 radical (unpaired) electrons. The first-order valence-electron chi connectivity index (χ1n) is 11.0. The Hall–Kier alpha value is -3.04. The minimum Gasteiger partial charge on any atom is -0.493 e. The van der Waals surface area contributed by atoms with E-state index in [-0.39, 0.29) is 0 Å². The lowest BCUT2D eigenvalue weighted by Gasteiger charge is -2.24. The molecule has 0 heterocycles. The second-order valence-electron chi connectivity index (χ2n) is 7.67. The Balaban J connectivity index is 1.69. The average Bonchev–Trinajstić information content (AvgIpc) is 2.82. The number of hydrogen-bond donors (Lipinski definition) is 0. The number of rotatable bonds is 13. The van der Waals surface area contributed by atoms with E-state index in [9.17, 15) is 0 Å². The molecule has 3 aromatic carbocycles. The van der Waals surface area contributed by atoms with Gasteiger partial charge in [-0.05, 0) is 43.0 Å². The Kier molecular flexibility index (Phi) is 9.21. The molecule has 0 atom stereocenters. The molecule has 0 saturated heterocycles. The van der Waals surface area contributed by atoms with Gasteiger partial charge in [-0.3, -0.25) is 4.90 Å². The molecule has 0 aliphatic carbocycles. The molecule has 3 heteroatoms. The predicted molar refractivity (Wildman–Crippen MR) is 129 cm³/mol. The number of benzene rings is 3. The molecule has 0 aromatic heterocycles. The monoisotopic (exact) mass is 415 g/mol. The number of hydrogen-bond acceptors (Lipinski definition) is 3. The van der Waals surface area contributed by atoms with E-state index in [1.54, 1.807) is 7.11 Å². The SMILES string of the molecule is C=CCCN(CCCc1ccccc1)Cc1cccc(OC)c1OCc1ccccc1.